The van der Waals surface area contributed by atoms with Crippen LogP contribution in [0.5, 0.6) is 0 Å². The van der Waals surface area contributed by atoms with Crippen molar-refractivity contribution in [2.24, 2.45) is 0 Å². The maximum atomic E-state index is 10.7. The van der Waals surface area contributed by atoms with Crippen molar-refractivity contribution in [2.75, 3.05) is 6.54 Å². The summed E-state index contributed by atoms with van der Waals surface area (Å²) in [6.45, 7) is 1.62. The standard InChI is InChI=1S/C12H15N3O3/c1-8(16)14-6-4-10(17)12(18)11-9(7-13)3-2-5-15-11/h2-3,5,10,12,17-18H,4,6H2,1H3,(H,14,16). The van der Waals surface area contributed by atoms with Crippen LogP contribution < -0.4 is 5.32 Å². The molecule has 0 saturated carbocycles. The van der Waals surface area contributed by atoms with Crippen LogP contribution in [0, 0.1) is 11.3 Å². The summed E-state index contributed by atoms with van der Waals surface area (Å²) in [7, 11) is 0. The van der Waals surface area contributed by atoms with E-state index in [1.807, 2.05) is 6.07 Å². The molecular formula is C12H15N3O3. The van der Waals surface area contributed by atoms with E-state index in [-0.39, 0.29) is 30.1 Å². The summed E-state index contributed by atoms with van der Waals surface area (Å²) in [6.07, 6.45) is -0.698. The van der Waals surface area contributed by atoms with Gasteiger partial charge in [-0.1, -0.05) is 0 Å². The van der Waals surface area contributed by atoms with Gasteiger partial charge < -0.3 is 15.5 Å². The van der Waals surface area contributed by atoms with Gasteiger partial charge in [0.25, 0.3) is 0 Å². The molecule has 0 aliphatic heterocycles. The Morgan fingerprint density at radius 3 is 2.94 bits per heavy atom. The van der Waals surface area contributed by atoms with Gasteiger partial charge in [-0.15, -0.1) is 0 Å². The molecule has 3 N–H and O–H groups in total. The van der Waals surface area contributed by atoms with E-state index >= 15 is 0 Å². The first-order valence-corrected chi connectivity index (χ1v) is 5.52. The number of aliphatic hydroxyl groups is 2. The first-order valence-electron chi connectivity index (χ1n) is 5.52. The Labute approximate surface area is 105 Å². The average molecular weight is 249 g/mol. The molecule has 2 unspecified atom stereocenters. The normalized spacial score (nSPS) is 13.4. The topological polar surface area (TPSA) is 106 Å². The number of nitrogens with zero attached hydrogens (tertiary/aromatic N) is 2. The molecule has 0 fully saturated rings. The highest BCUT2D eigenvalue weighted by atomic mass is 16.3. The van der Waals surface area contributed by atoms with Crippen molar-refractivity contribution in [3.8, 4) is 6.07 Å². The lowest BCUT2D eigenvalue weighted by Crippen LogP contribution is -2.28. The lowest BCUT2D eigenvalue weighted by atomic mass is 10.0. The van der Waals surface area contributed by atoms with Crippen LogP contribution in [0.1, 0.15) is 30.7 Å². The zero-order valence-corrected chi connectivity index (χ0v) is 10.00. The van der Waals surface area contributed by atoms with Gasteiger partial charge in [0.05, 0.1) is 17.4 Å². The Kier molecular flexibility index (Phi) is 5.24. The summed E-state index contributed by atoms with van der Waals surface area (Å²) in [6, 6.07) is 5.00. The molecule has 1 rings (SSSR count). The number of nitrogens with one attached hydrogen (secondary N) is 1. The van der Waals surface area contributed by atoms with Crippen LogP contribution in [0.25, 0.3) is 0 Å². The third-order valence-corrected chi connectivity index (χ3v) is 2.42. The molecule has 0 bridgehead atoms. The van der Waals surface area contributed by atoms with E-state index in [9.17, 15) is 15.0 Å². The second-order valence-corrected chi connectivity index (χ2v) is 3.83. The molecule has 1 aromatic heterocycles. The number of hydrogen-bond acceptors (Lipinski definition) is 5. The van der Waals surface area contributed by atoms with Crippen molar-refractivity contribution < 1.29 is 15.0 Å². The van der Waals surface area contributed by atoms with Gasteiger partial charge in [-0.05, 0) is 18.6 Å². The van der Waals surface area contributed by atoms with Crippen LogP contribution >= 0.6 is 0 Å². The van der Waals surface area contributed by atoms with Gasteiger partial charge in [-0.25, -0.2) is 0 Å². The van der Waals surface area contributed by atoms with Crippen LogP contribution in [0.2, 0.25) is 0 Å². The van der Waals surface area contributed by atoms with Crippen molar-refractivity contribution in [1.29, 1.82) is 5.26 Å². The maximum absolute atomic E-state index is 10.7. The largest absolute Gasteiger partial charge is 0.390 e. The molecular weight excluding hydrogens is 234 g/mol. The fraction of sp³-hybridized carbons (Fsp3) is 0.417. The number of carbonyl (C=O) groups is 1. The van der Waals surface area contributed by atoms with Gasteiger partial charge in [0.15, 0.2) is 0 Å². The van der Waals surface area contributed by atoms with E-state index in [4.69, 9.17) is 5.26 Å². The Morgan fingerprint density at radius 1 is 1.61 bits per heavy atom. The first-order chi connectivity index (χ1) is 8.56. The lowest BCUT2D eigenvalue weighted by molar-refractivity contribution is -0.119. The third-order valence-electron chi connectivity index (χ3n) is 2.42. The number of hydrogen-bond donors (Lipinski definition) is 3. The molecule has 0 spiro atoms. The fourth-order valence-corrected chi connectivity index (χ4v) is 1.48. The second-order valence-electron chi connectivity index (χ2n) is 3.83. The van der Waals surface area contributed by atoms with E-state index in [1.54, 1.807) is 6.07 Å². The van der Waals surface area contributed by atoms with E-state index < -0.39 is 12.2 Å². The molecule has 1 amide bonds. The van der Waals surface area contributed by atoms with Crippen LogP contribution in [-0.2, 0) is 4.79 Å². The molecule has 6 heteroatoms. The lowest BCUT2D eigenvalue weighted by Gasteiger charge is -2.18. The monoisotopic (exact) mass is 249 g/mol. The van der Waals surface area contributed by atoms with E-state index in [0.717, 1.165) is 0 Å². The highest BCUT2D eigenvalue weighted by molar-refractivity contribution is 5.72. The van der Waals surface area contributed by atoms with Crippen molar-refractivity contribution in [1.82, 2.24) is 10.3 Å². The maximum Gasteiger partial charge on any atom is 0.216 e. The van der Waals surface area contributed by atoms with Gasteiger partial charge in [-0.2, -0.15) is 5.26 Å². The molecule has 96 valence electrons. The molecule has 0 saturated heterocycles. The molecule has 0 radical (unpaired) electrons. The number of aliphatic hydroxyl groups excluding tert-OH is 2. The fourth-order valence-electron chi connectivity index (χ4n) is 1.48. The van der Waals surface area contributed by atoms with Gasteiger partial charge in [0.1, 0.15) is 12.2 Å². The minimum atomic E-state index is -1.24. The molecule has 0 aliphatic rings. The Hall–Kier alpha value is -1.97. The summed E-state index contributed by atoms with van der Waals surface area (Å²) in [5.41, 5.74) is 0.374. The number of carbonyl (C=O) groups excluding carboxylic acids is 1. The minimum absolute atomic E-state index is 0.148. The molecule has 0 aliphatic carbocycles. The van der Waals surface area contributed by atoms with Crippen molar-refractivity contribution in [3.05, 3.63) is 29.6 Å². The van der Waals surface area contributed by atoms with Crippen molar-refractivity contribution >= 4 is 5.91 Å². The van der Waals surface area contributed by atoms with Gasteiger partial charge in [0.2, 0.25) is 5.91 Å². The van der Waals surface area contributed by atoms with E-state index in [1.165, 1.54) is 19.2 Å². The molecule has 0 aromatic carbocycles. The summed E-state index contributed by atoms with van der Waals surface area (Å²) in [5.74, 6) is -0.202. The van der Waals surface area contributed by atoms with Gasteiger partial charge in [-0.3, -0.25) is 9.78 Å². The number of pyridine rings is 1. The van der Waals surface area contributed by atoms with Gasteiger partial charge >= 0.3 is 0 Å². The third kappa shape index (κ3) is 3.80. The number of aromatic nitrogens is 1. The first kappa shape index (κ1) is 14.1. The predicted octanol–water partition coefficient (Wildman–Crippen LogP) is -0.126. The zero-order chi connectivity index (χ0) is 13.5. The minimum Gasteiger partial charge on any atom is -0.390 e. The Balaban J connectivity index is 2.65. The van der Waals surface area contributed by atoms with E-state index in [2.05, 4.69) is 10.3 Å². The second kappa shape index (κ2) is 6.69. The summed E-state index contributed by atoms with van der Waals surface area (Å²) in [5, 5.41) is 31.0. The SMILES string of the molecule is CC(=O)NCCC(O)C(O)c1ncccc1C#N. The smallest absolute Gasteiger partial charge is 0.216 e. The summed E-state index contributed by atoms with van der Waals surface area (Å²) in [4.78, 5) is 14.5. The van der Waals surface area contributed by atoms with Crippen LogP contribution in [-0.4, -0.2) is 33.8 Å². The number of amides is 1. The van der Waals surface area contributed by atoms with Gasteiger partial charge in [0, 0.05) is 19.7 Å². The van der Waals surface area contributed by atoms with Crippen molar-refractivity contribution in [3.63, 3.8) is 0 Å². The predicted molar refractivity (Wildman–Crippen MR) is 63.2 cm³/mol. The van der Waals surface area contributed by atoms with Crippen LogP contribution in [0.3, 0.4) is 0 Å². The zero-order valence-electron chi connectivity index (χ0n) is 10.00. The Morgan fingerprint density at radius 2 is 2.33 bits per heavy atom. The van der Waals surface area contributed by atoms with Crippen LogP contribution in [0.15, 0.2) is 18.3 Å². The molecule has 1 heterocycles. The van der Waals surface area contributed by atoms with Crippen LogP contribution in [0.4, 0.5) is 0 Å². The van der Waals surface area contributed by atoms with E-state index in [0.29, 0.717) is 0 Å². The quantitative estimate of drug-likeness (QED) is 0.674. The molecule has 1 aromatic rings. The highest BCUT2D eigenvalue weighted by Crippen LogP contribution is 2.19. The molecule has 2 atom stereocenters. The Bertz CT molecular complexity index is 456. The summed E-state index contributed by atoms with van der Waals surface area (Å²) >= 11 is 0. The molecule has 18 heavy (non-hydrogen) atoms. The average Bonchev–Trinajstić information content (AvgIpc) is 2.37. The number of nitriles is 1. The highest BCUT2D eigenvalue weighted by Gasteiger charge is 2.22. The summed E-state index contributed by atoms with van der Waals surface area (Å²) < 4.78 is 0. The molecule has 6 nitrogen and oxygen atoms in total. The number of rotatable bonds is 5. The van der Waals surface area contributed by atoms with Crippen molar-refractivity contribution in [2.45, 2.75) is 25.6 Å².